The van der Waals surface area contributed by atoms with E-state index in [-0.39, 0.29) is 17.6 Å². The molecule has 2 rings (SSSR count). The molecule has 20 heavy (non-hydrogen) atoms. The highest BCUT2D eigenvalue weighted by molar-refractivity contribution is 5.77. The van der Waals surface area contributed by atoms with Gasteiger partial charge in [-0.15, -0.1) is 0 Å². The van der Waals surface area contributed by atoms with Gasteiger partial charge in [0, 0.05) is 31.6 Å². The lowest BCUT2D eigenvalue weighted by Gasteiger charge is -2.11. The first-order chi connectivity index (χ1) is 9.66. The molecular weight excluding hydrogens is 260 g/mol. The third kappa shape index (κ3) is 3.92. The first-order valence-corrected chi connectivity index (χ1v) is 6.64. The minimum atomic E-state index is -0.438. The van der Waals surface area contributed by atoms with Gasteiger partial charge < -0.3 is 16.0 Å². The molecular formula is C13H18N4O3. The Morgan fingerprint density at radius 1 is 1.45 bits per heavy atom. The van der Waals surface area contributed by atoms with E-state index in [4.69, 9.17) is 0 Å². The van der Waals surface area contributed by atoms with Crippen molar-refractivity contribution in [2.45, 2.75) is 18.9 Å². The van der Waals surface area contributed by atoms with Gasteiger partial charge in [0.15, 0.2) is 0 Å². The third-order valence-corrected chi connectivity index (χ3v) is 3.19. The maximum absolute atomic E-state index is 11.7. The van der Waals surface area contributed by atoms with Crippen LogP contribution in [0.15, 0.2) is 24.3 Å². The highest BCUT2D eigenvalue weighted by atomic mass is 16.6. The van der Waals surface area contributed by atoms with Crippen LogP contribution in [0.25, 0.3) is 0 Å². The van der Waals surface area contributed by atoms with Gasteiger partial charge in [0.25, 0.3) is 5.69 Å². The molecule has 1 aliphatic heterocycles. The minimum Gasteiger partial charge on any atom is -0.379 e. The average Bonchev–Trinajstić information content (AvgIpc) is 2.92. The summed E-state index contributed by atoms with van der Waals surface area (Å²) in [5, 5.41) is 19.9. The van der Waals surface area contributed by atoms with Crippen LogP contribution in [-0.2, 0) is 4.79 Å². The van der Waals surface area contributed by atoms with Gasteiger partial charge in [0.2, 0.25) is 5.91 Å². The third-order valence-electron chi connectivity index (χ3n) is 3.19. The number of hydrogen-bond acceptors (Lipinski definition) is 5. The molecule has 1 fully saturated rings. The lowest BCUT2D eigenvalue weighted by Crippen LogP contribution is -2.36. The molecule has 1 atom stereocenters. The van der Waals surface area contributed by atoms with E-state index in [9.17, 15) is 14.9 Å². The van der Waals surface area contributed by atoms with Crippen LogP contribution in [0.5, 0.6) is 0 Å². The summed E-state index contributed by atoms with van der Waals surface area (Å²) in [6, 6.07) is 6.61. The number of nitrogens with zero attached hydrogens (tertiary/aromatic N) is 1. The summed E-state index contributed by atoms with van der Waals surface area (Å²) in [5.41, 5.74) is 0.459. The molecule has 0 radical (unpaired) electrons. The molecule has 0 bridgehead atoms. The summed E-state index contributed by atoms with van der Waals surface area (Å²) in [6.07, 6.45) is 1.24. The minimum absolute atomic E-state index is 0.0212. The van der Waals surface area contributed by atoms with Crippen molar-refractivity contribution in [2.24, 2.45) is 0 Å². The second kappa shape index (κ2) is 6.85. The summed E-state index contributed by atoms with van der Waals surface area (Å²) in [4.78, 5) is 22.1. The van der Waals surface area contributed by atoms with Crippen molar-refractivity contribution in [1.29, 1.82) is 0 Å². The summed E-state index contributed by atoms with van der Waals surface area (Å²) in [7, 11) is 0. The van der Waals surface area contributed by atoms with E-state index in [1.807, 2.05) is 0 Å². The number of para-hydroxylation sites is 2. The predicted octanol–water partition coefficient (Wildman–Crippen LogP) is 0.875. The molecule has 1 heterocycles. The van der Waals surface area contributed by atoms with Gasteiger partial charge in [0.1, 0.15) is 5.69 Å². The Balaban J connectivity index is 1.78. The lowest BCUT2D eigenvalue weighted by molar-refractivity contribution is -0.384. The first-order valence-electron chi connectivity index (χ1n) is 6.64. The van der Waals surface area contributed by atoms with Gasteiger partial charge in [0.05, 0.1) is 4.92 Å². The zero-order chi connectivity index (χ0) is 14.4. The summed E-state index contributed by atoms with van der Waals surface area (Å²) >= 11 is 0. The Morgan fingerprint density at radius 2 is 2.25 bits per heavy atom. The molecule has 1 unspecified atom stereocenters. The maximum Gasteiger partial charge on any atom is 0.292 e. The summed E-state index contributed by atoms with van der Waals surface area (Å²) < 4.78 is 0. The molecule has 0 aliphatic carbocycles. The second-order valence-corrected chi connectivity index (χ2v) is 4.71. The van der Waals surface area contributed by atoms with E-state index in [0.29, 0.717) is 18.7 Å². The van der Waals surface area contributed by atoms with E-state index in [1.165, 1.54) is 6.07 Å². The van der Waals surface area contributed by atoms with Crippen LogP contribution in [0.4, 0.5) is 11.4 Å². The molecule has 0 spiro atoms. The summed E-state index contributed by atoms with van der Waals surface area (Å²) in [5.74, 6) is -0.0372. The van der Waals surface area contributed by atoms with Crippen molar-refractivity contribution < 1.29 is 9.72 Å². The Kier molecular flexibility index (Phi) is 4.89. The first kappa shape index (κ1) is 14.3. The Bertz CT molecular complexity index is 486. The van der Waals surface area contributed by atoms with Crippen molar-refractivity contribution >= 4 is 17.3 Å². The SMILES string of the molecule is O=C(CCNc1ccccc1[N+](=O)[O-])NC1CCNC1. The van der Waals surface area contributed by atoms with E-state index >= 15 is 0 Å². The second-order valence-electron chi connectivity index (χ2n) is 4.71. The fourth-order valence-corrected chi connectivity index (χ4v) is 2.17. The molecule has 1 saturated heterocycles. The van der Waals surface area contributed by atoms with Gasteiger partial charge in [-0.05, 0) is 19.0 Å². The molecule has 108 valence electrons. The number of rotatable bonds is 6. The Morgan fingerprint density at radius 3 is 2.95 bits per heavy atom. The van der Waals surface area contributed by atoms with E-state index < -0.39 is 4.92 Å². The zero-order valence-corrected chi connectivity index (χ0v) is 11.1. The molecule has 3 N–H and O–H groups in total. The number of nitro groups is 1. The number of nitrogens with one attached hydrogen (secondary N) is 3. The fourth-order valence-electron chi connectivity index (χ4n) is 2.17. The molecule has 0 aromatic heterocycles. The Hall–Kier alpha value is -2.15. The number of amides is 1. The van der Waals surface area contributed by atoms with Crippen LogP contribution in [0.3, 0.4) is 0 Å². The largest absolute Gasteiger partial charge is 0.379 e. The number of anilines is 1. The molecule has 7 heteroatoms. The van der Waals surface area contributed by atoms with Gasteiger partial charge in [-0.3, -0.25) is 14.9 Å². The van der Waals surface area contributed by atoms with Crippen LogP contribution in [0.2, 0.25) is 0 Å². The monoisotopic (exact) mass is 278 g/mol. The van der Waals surface area contributed by atoms with Crippen LogP contribution in [-0.4, -0.2) is 36.5 Å². The Labute approximate surface area is 116 Å². The van der Waals surface area contributed by atoms with Gasteiger partial charge >= 0.3 is 0 Å². The fraction of sp³-hybridized carbons (Fsp3) is 0.462. The smallest absolute Gasteiger partial charge is 0.292 e. The quantitative estimate of drug-likeness (QED) is 0.530. The molecule has 1 amide bonds. The van der Waals surface area contributed by atoms with Gasteiger partial charge in [-0.1, -0.05) is 12.1 Å². The summed E-state index contributed by atoms with van der Waals surface area (Å²) in [6.45, 7) is 2.11. The number of carbonyl (C=O) groups is 1. The molecule has 1 aromatic carbocycles. The van der Waals surface area contributed by atoms with Crippen molar-refractivity contribution in [2.75, 3.05) is 25.0 Å². The van der Waals surface area contributed by atoms with Crippen molar-refractivity contribution in [3.63, 3.8) is 0 Å². The molecule has 7 nitrogen and oxygen atoms in total. The van der Waals surface area contributed by atoms with E-state index in [1.54, 1.807) is 18.2 Å². The standard InChI is InChI=1S/C13H18N4O3/c18-13(16-10-5-7-14-9-10)6-8-15-11-3-1-2-4-12(11)17(19)20/h1-4,10,14-15H,5-9H2,(H,16,18). The highest BCUT2D eigenvalue weighted by Crippen LogP contribution is 2.22. The maximum atomic E-state index is 11.7. The number of benzene rings is 1. The highest BCUT2D eigenvalue weighted by Gasteiger charge is 2.16. The lowest BCUT2D eigenvalue weighted by atomic mass is 10.2. The van der Waals surface area contributed by atoms with Crippen molar-refractivity contribution in [3.05, 3.63) is 34.4 Å². The van der Waals surface area contributed by atoms with E-state index in [2.05, 4.69) is 16.0 Å². The topological polar surface area (TPSA) is 96.3 Å². The van der Waals surface area contributed by atoms with E-state index in [0.717, 1.165) is 19.5 Å². The predicted molar refractivity (Wildman–Crippen MR) is 75.6 cm³/mol. The molecule has 1 aromatic rings. The van der Waals surface area contributed by atoms with Crippen molar-refractivity contribution in [1.82, 2.24) is 10.6 Å². The van der Waals surface area contributed by atoms with Crippen LogP contribution < -0.4 is 16.0 Å². The van der Waals surface area contributed by atoms with Gasteiger partial charge in [-0.25, -0.2) is 0 Å². The average molecular weight is 278 g/mol. The molecule has 0 saturated carbocycles. The molecule has 1 aliphatic rings. The van der Waals surface area contributed by atoms with Crippen LogP contribution in [0, 0.1) is 10.1 Å². The van der Waals surface area contributed by atoms with Crippen LogP contribution in [0.1, 0.15) is 12.8 Å². The van der Waals surface area contributed by atoms with Gasteiger partial charge in [-0.2, -0.15) is 0 Å². The van der Waals surface area contributed by atoms with Crippen LogP contribution >= 0.6 is 0 Å². The normalized spacial score (nSPS) is 17.7. The van der Waals surface area contributed by atoms with Crippen molar-refractivity contribution in [3.8, 4) is 0 Å². The number of nitro benzene ring substituents is 1. The number of carbonyl (C=O) groups excluding carboxylic acids is 1. The zero-order valence-electron chi connectivity index (χ0n) is 11.1. The number of hydrogen-bond donors (Lipinski definition) is 3.